The molecule has 0 radical (unpaired) electrons. The van der Waals surface area contributed by atoms with Gasteiger partial charge in [0.15, 0.2) is 0 Å². The van der Waals surface area contributed by atoms with E-state index >= 15 is 0 Å². The summed E-state index contributed by atoms with van der Waals surface area (Å²) >= 11 is 0. The molecule has 18 heavy (non-hydrogen) atoms. The third-order valence-electron chi connectivity index (χ3n) is 3.24. The number of ether oxygens (including phenoxy) is 2. The van der Waals surface area contributed by atoms with Gasteiger partial charge in [-0.3, -0.25) is 0 Å². The quantitative estimate of drug-likeness (QED) is 0.627. The Balaban J connectivity index is 2.28. The second-order valence-corrected chi connectivity index (χ2v) is 5.76. The van der Waals surface area contributed by atoms with Gasteiger partial charge in [-0.15, -0.1) is 0 Å². The lowest BCUT2D eigenvalue weighted by molar-refractivity contribution is -0.0533. The highest BCUT2D eigenvalue weighted by molar-refractivity contribution is 4.93. The molecule has 1 saturated carbocycles. The van der Waals surface area contributed by atoms with E-state index in [1.165, 1.54) is 12.8 Å². The second kappa shape index (κ2) is 7.43. The van der Waals surface area contributed by atoms with E-state index in [1.54, 1.807) is 0 Å². The largest absolute Gasteiger partial charge is 0.394 e. The summed E-state index contributed by atoms with van der Waals surface area (Å²) in [4.78, 5) is 0. The first-order valence-electron chi connectivity index (χ1n) is 7.11. The van der Waals surface area contributed by atoms with Gasteiger partial charge in [0.1, 0.15) is 0 Å². The van der Waals surface area contributed by atoms with Crippen LogP contribution in [0.5, 0.6) is 0 Å². The van der Waals surface area contributed by atoms with Gasteiger partial charge >= 0.3 is 0 Å². The summed E-state index contributed by atoms with van der Waals surface area (Å²) in [5.41, 5.74) is -0.230. The maximum Gasteiger partial charge on any atom is 0.0784 e. The Morgan fingerprint density at radius 3 is 2.50 bits per heavy atom. The van der Waals surface area contributed by atoms with Gasteiger partial charge in [-0.05, 0) is 47.0 Å². The summed E-state index contributed by atoms with van der Waals surface area (Å²) in [5.74, 6) is 0. The predicted octanol–water partition coefficient (Wildman–Crippen LogP) is 1.71. The Kier molecular flexibility index (Phi) is 6.57. The standard InChI is InChI=1S/C14H29NO3/c1-5-17-9-12(3)18-11(2)8-14(4,10-16)15-13-6-7-13/h11-13,15-16H,5-10H2,1-4H3. The minimum atomic E-state index is -0.230. The summed E-state index contributed by atoms with van der Waals surface area (Å²) in [7, 11) is 0. The van der Waals surface area contributed by atoms with E-state index in [2.05, 4.69) is 19.2 Å². The van der Waals surface area contributed by atoms with Crippen LogP contribution in [0.4, 0.5) is 0 Å². The molecule has 1 aliphatic carbocycles. The number of aliphatic hydroxyl groups excluding tert-OH is 1. The van der Waals surface area contributed by atoms with Crippen LogP contribution in [-0.4, -0.2) is 48.7 Å². The number of aliphatic hydroxyl groups is 1. The molecule has 0 bridgehead atoms. The third kappa shape index (κ3) is 6.14. The minimum absolute atomic E-state index is 0.101. The van der Waals surface area contributed by atoms with Crippen LogP contribution in [0.1, 0.15) is 47.0 Å². The Labute approximate surface area is 111 Å². The molecule has 0 saturated heterocycles. The summed E-state index contributed by atoms with van der Waals surface area (Å²) in [5, 5.41) is 13.0. The first-order valence-corrected chi connectivity index (χ1v) is 7.11. The van der Waals surface area contributed by atoms with Crippen molar-refractivity contribution in [2.24, 2.45) is 0 Å². The summed E-state index contributed by atoms with van der Waals surface area (Å²) in [6, 6.07) is 0.593. The molecule has 108 valence electrons. The van der Waals surface area contributed by atoms with Crippen molar-refractivity contribution < 1.29 is 14.6 Å². The van der Waals surface area contributed by atoms with Crippen LogP contribution in [0.15, 0.2) is 0 Å². The van der Waals surface area contributed by atoms with Crippen LogP contribution in [-0.2, 0) is 9.47 Å². The number of rotatable bonds is 10. The van der Waals surface area contributed by atoms with E-state index < -0.39 is 0 Å². The fraction of sp³-hybridized carbons (Fsp3) is 1.00. The first kappa shape index (κ1) is 15.9. The zero-order chi connectivity index (χ0) is 13.6. The van der Waals surface area contributed by atoms with Crippen molar-refractivity contribution in [3.63, 3.8) is 0 Å². The van der Waals surface area contributed by atoms with E-state index in [0.29, 0.717) is 12.6 Å². The monoisotopic (exact) mass is 259 g/mol. The van der Waals surface area contributed by atoms with E-state index in [0.717, 1.165) is 13.0 Å². The fourth-order valence-corrected chi connectivity index (χ4v) is 2.29. The van der Waals surface area contributed by atoms with Gasteiger partial charge in [0, 0.05) is 18.2 Å². The zero-order valence-corrected chi connectivity index (χ0v) is 12.2. The van der Waals surface area contributed by atoms with Crippen LogP contribution >= 0.6 is 0 Å². The highest BCUT2D eigenvalue weighted by atomic mass is 16.5. The molecule has 4 heteroatoms. The van der Waals surface area contributed by atoms with E-state index in [4.69, 9.17) is 9.47 Å². The van der Waals surface area contributed by atoms with Gasteiger partial charge in [-0.2, -0.15) is 0 Å². The van der Waals surface area contributed by atoms with Gasteiger partial charge in [0.05, 0.1) is 25.4 Å². The van der Waals surface area contributed by atoms with Crippen molar-refractivity contribution in [1.29, 1.82) is 0 Å². The Hall–Kier alpha value is -0.160. The zero-order valence-electron chi connectivity index (χ0n) is 12.2. The maximum atomic E-state index is 9.54. The molecular formula is C14H29NO3. The van der Waals surface area contributed by atoms with Crippen LogP contribution in [0.2, 0.25) is 0 Å². The highest BCUT2D eigenvalue weighted by Gasteiger charge is 2.33. The molecule has 1 rings (SSSR count). The van der Waals surface area contributed by atoms with Crippen LogP contribution in [0.3, 0.4) is 0 Å². The molecule has 0 heterocycles. The van der Waals surface area contributed by atoms with Gasteiger partial charge < -0.3 is 19.9 Å². The smallest absolute Gasteiger partial charge is 0.0784 e. The molecule has 3 atom stereocenters. The average Bonchev–Trinajstić information content (AvgIpc) is 3.09. The molecule has 4 nitrogen and oxygen atoms in total. The minimum Gasteiger partial charge on any atom is -0.394 e. The SMILES string of the molecule is CCOCC(C)OC(C)CC(C)(CO)NC1CC1. The molecular weight excluding hydrogens is 230 g/mol. The lowest BCUT2D eigenvalue weighted by atomic mass is 9.95. The number of nitrogens with one attached hydrogen (secondary N) is 1. The van der Waals surface area contributed by atoms with Crippen molar-refractivity contribution in [3.05, 3.63) is 0 Å². The van der Waals surface area contributed by atoms with Gasteiger partial charge in [0.25, 0.3) is 0 Å². The Bertz CT molecular complexity index is 233. The molecule has 1 aliphatic rings. The van der Waals surface area contributed by atoms with Gasteiger partial charge in [-0.1, -0.05) is 0 Å². The molecule has 0 aromatic carbocycles. The maximum absolute atomic E-state index is 9.54. The van der Waals surface area contributed by atoms with Gasteiger partial charge in [0.2, 0.25) is 0 Å². The lowest BCUT2D eigenvalue weighted by Crippen LogP contribution is -2.49. The molecule has 0 amide bonds. The van der Waals surface area contributed by atoms with Crippen LogP contribution in [0, 0.1) is 0 Å². The van der Waals surface area contributed by atoms with E-state index in [9.17, 15) is 5.11 Å². The predicted molar refractivity (Wildman–Crippen MR) is 72.8 cm³/mol. The molecule has 1 fully saturated rings. The van der Waals surface area contributed by atoms with Crippen molar-refractivity contribution in [3.8, 4) is 0 Å². The fourth-order valence-electron chi connectivity index (χ4n) is 2.29. The first-order chi connectivity index (χ1) is 8.49. The topological polar surface area (TPSA) is 50.7 Å². The van der Waals surface area contributed by atoms with Crippen LogP contribution in [0.25, 0.3) is 0 Å². The van der Waals surface area contributed by atoms with Crippen molar-refractivity contribution >= 4 is 0 Å². The van der Waals surface area contributed by atoms with Crippen molar-refractivity contribution in [2.75, 3.05) is 19.8 Å². The molecule has 0 aliphatic heterocycles. The van der Waals surface area contributed by atoms with E-state index in [-0.39, 0.29) is 24.4 Å². The molecule has 0 spiro atoms. The lowest BCUT2D eigenvalue weighted by Gasteiger charge is -2.32. The molecule has 3 unspecified atom stereocenters. The number of hydrogen-bond acceptors (Lipinski definition) is 4. The summed E-state index contributed by atoms with van der Waals surface area (Å²) in [6.45, 7) is 9.64. The van der Waals surface area contributed by atoms with Crippen molar-refractivity contribution in [2.45, 2.75) is 70.7 Å². The molecule has 0 aromatic rings. The highest BCUT2D eigenvalue weighted by Crippen LogP contribution is 2.25. The van der Waals surface area contributed by atoms with Crippen molar-refractivity contribution in [1.82, 2.24) is 5.32 Å². The summed E-state index contributed by atoms with van der Waals surface area (Å²) in [6.07, 6.45) is 3.49. The van der Waals surface area contributed by atoms with Crippen LogP contribution < -0.4 is 5.32 Å². The Morgan fingerprint density at radius 2 is 2.00 bits per heavy atom. The molecule has 2 N–H and O–H groups in total. The molecule has 0 aromatic heterocycles. The Morgan fingerprint density at radius 1 is 1.33 bits per heavy atom. The second-order valence-electron chi connectivity index (χ2n) is 5.76. The summed E-state index contributed by atoms with van der Waals surface area (Å²) < 4.78 is 11.2. The van der Waals surface area contributed by atoms with E-state index in [1.807, 2.05) is 13.8 Å². The average molecular weight is 259 g/mol. The van der Waals surface area contributed by atoms with Gasteiger partial charge in [-0.25, -0.2) is 0 Å². The normalized spacial score (nSPS) is 22.5. The third-order valence-corrected chi connectivity index (χ3v) is 3.24. The number of hydrogen-bond donors (Lipinski definition) is 2.